The molecular formula is C13H11ClN2O3. The van der Waals surface area contributed by atoms with Crippen LogP contribution >= 0.6 is 11.6 Å². The van der Waals surface area contributed by atoms with Crippen molar-refractivity contribution in [3.8, 4) is 5.75 Å². The zero-order chi connectivity index (χ0) is 13.7. The second kappa shape index (κ2) is 6.15. The van der Waals surface area contributed by atoms with Crippen LogP contribution in [0, 0.1) is 10.1 Å². The Balaban J connectivity index is 2.03. The van der Waals surface area contributed by atoms with Crippen LogP contribution in [0.5, 0.6) is 5.75 Å². The minimum absolute atomic E-state index is 0.0874. The van der Waals surface area contributed by atoms with E-state index in [0.29, 0.717) is 18.1 Å². The maximum absolute atomic E-state index is 10.8. The van der Waals surface area contributed by atoms with Crippen molar-refractivity contribution >= 4 is 17.3 Å². The van der Waals surface area contributed by atoms with Crippen molar-refractivity contribution in [1.82, 2.24) is 4.98 Å². The van der Waals surface area contributed by atoms with Crippen LogP contribution < -0.4 is 4.74 Å². The number of nitrogens with zero attached hydrogens (tertiary/aromatic N) is 2. The van der Waals surface area contributed by atoms with Gasteiger partial charge in [-0.25, -0.2) is 0 Å². The Morgan fingerprint density at radius 3 is 2.89 bits per heavy atom. The molecule has 0 saturated carbocycles. The lowest BCUT2D eigenvalue weighted by atomic mass is 10.2. The van der Waals surface area contributed by atoms with E-state index >= 15 is 0 Å². The second-order valence-electron chi connectivity index (χ2n) is 3.83. The lowest BCUT2D eigenvalue weighted by Gasteiger charge is -2.07. The van der Waals surface area contributed by atoms with Crippen molar-refractivity contribution in [3.05, 3.63) is 63.4 Å². The van der Waals surface area contributed by atoms with E-state index in [4.69, 9.17) is 16.3 Å². The number of aromatic nitrogens is 1. The number of nitro benzene ring substituents is 1. The fraction of sp³-hybridized carbons (Fsp3) is 0.154. The molecule has 0 unspecified atom stereocenters. The highest BCUT2D eigenvalue weighted by molar-refractivity contribution is 6.30. The fourth-order valence-corrected chi connectivity index (χ4v) is 1.74. The molecule has 2 aromatic rings. The maximum Gasteiger partial charge on any atom is 0.311 e. The molecule has 0 atom stereocenters. The molecule has 1 heterocycles. The molecule has 0 fully saturated rings. The highest BCUT2D eigenvalue weighted by Gasteiger charge is 2.15. The van der Waals surface area contributed by atoms with E-state index in [-0.39, 0.29) is 11.4 Å². The van der Waals surface area contributed by atoms with Crippen molar-refractivity contribution in [2.24, 2.45) is 0 Å². The molecule has 98 valence electrons. The van der Waals surface area contributed by atoms with Crippen LogP contribution in [-0.4, -0.2) is 16.5 Å². The second-order valence-corrected chi connectivity index (χ2v) is 4.27. The molecule has 6 heteroatoms. The van der Waals surface area contributed by atoms with Crippen LogP contribution in [0.1, 0.15) is 5.56 Å². The molecule has 1 aromatic carbocycles. The molecule has 0 amide bonds. The third kappa shape index (κ3) is 3.66. The predicted octanol–water partition coefficient (Wildman–Crippen LogP) is 3.26. The molecule has 2 rings (SSSR count). The van der Waals surface area contributed by atoms with E-state index in [1.807, 2.05) is 12.1 Å². The molecule has 0 aliphatic rings. The number of benzene rings is 1. The van der Waals surface area contributed by atoms with Gasteiger partial charge < -0.3 is 4.74 Å². The molecule has 19 heavy (non-hydrogen) atoms. The van der Waals surface area contributed by atoms with Crippen LogP contribution in [-0.2, 0) is 6.42 Å². The zero-order valence-corrected chi connectivity index (χ0v) is 10.7. The maximum atomic E-state index is 10.8. The lowest BCUT2D eigenvalue weighted by molar-refractivity contribution is -0.385. The van der Waals surface area contributed by atoms with Crippen molar-refractivity contribution in [2.75, 3.05) is 6.61 Å². The zero-order valence-electron chi connectivity index (χ0n) is 9.95. The molecule has 0 radical (unpaired) electrons. The Bertz CT molecular complexity index is 575. The summed E-state index contributed by atoms with van der Waals surface area (Å²) in [6.45, 7) is 0.326. The Labute approximate surface area is 115 Å². The van der Waals surface area contributed by atoms with Crippen molar-refractivity contribution < 1.29 is 9.66 Å². The van der Waals surface area contributed by atoms with Crippen LogP contribution in [0.3, 0.4) is 0 Å². The Morgan fingerprint density at radius 2 is 2.21 bits per heavy atom. The third-order valence-corrected chi connectivity index (χ3v) is 2.72. The molecule has 0 aliphatic heterocycles. The fourth-order valence-electron chi connectivity index (χ4n) is 1.58. The number of ether oxygens (including phenoxy) is 1. The van der Waals surface area contributed by atoms with Crippen molar-refractivity contribution in [3.63, 3.8) is 0 Å². The quantitative estimate of drug-likeness (QED) is 0.622. The van der Waals surface area contributed by atoms with Gasteiger partial charge in [0.25, 0.3) is 0 Å². The largest absolute Gasteiger partial charge is 0.486 e. The minimum Gasteiger partial charge on any atom is -0.486 e. The average Bonchev–Trinajstić information content (AvgIpc) is 2.39. The third-order valence-electron chi connectivity index (χ3n) is 2.49. The van der Waals surface area contributed by atoms with Gasteiger partial charge in [0.15, 0.2) is 5.75 Å². The van der Waals surface area contributed by atoms with Gasteiger partial charge in [-0.2, -0.15) is 0 Å². The molecule has 0 N–H and O–H groups in total. The Kier molecular flexibility index (Phi) is 4.30. The monoisotopic (exact) mass is 278 g/mol. The van der Waals surface area contributed by atoms with E-state index in [9.17, 15) is 10.1 Å². The first-order chi connectivity index (χ1) is 9.16. The van der Waals surface area contributed by atoms with E-state index in [1.54, 1.807) is 12.4 Å². The van der Waals surface area contributed by atoms with Gasteiger partial charge in [-0.1, -0.05) is 17.7 Å². The normalized spacial score (nSPS) is 10.2. The molecule has 5 nitrogen and oxygen atoms in total. The summed E-state index contributed by atoms with van der Waals surface area (Å²) in [5.74, 6) is 0.182. The first kappa shape index (κ1) is 13.3. The van der Waals surface area contributed by atoms with Gasteiger partial charge in [0.05, 0.1) is 11.5 Å². The highest BCUT2D eigenvalue weighted by Crippen LogP contribution is 2.29. The lowest BCUT2D eigenvalue weighted by Crippen LogP contribution is -2.03. The first-order valence-corrected chi connectivity index (χ1v) is 6.00. The number of pyridine rings is 1. The number of rotatable bonds is 5. The summed E-state index contributed by atoms with van der Waals surface area (Å²) in [6.07, 6.45) is 4.04. The summed E-state index contributed by atoms with van der Waals surface area (Å²) in [4.78, 5) is 14.3. The number of hydrogen-bond acceptors (Lipinski definition) is 4. The highest BCUT2D eigenvalue weighted by atomic mass is 35.5. The average molecular weight is 279 g/mol. The van der Waals surface area contributed by atoms with Crippen LogP contribution in [0.25, 0.3) is 0 Å². The van der Waals surface area contributed by atoms with Crippen LogP contribution in [0.15, 0.2) is 42.7 Å². The Morgan fingerprint density at radius 1 is 1.37 bits per heavy atom. The predicted molar refractivity (Wildman–Crippen MR) is 71.5 cm³/mol. The van der Waals surface area contributed by atoms with Gasteiger partial charge >= 0.3 is 5.69 Å². The summed E-state index contributed by atoms with van der Waals surface area (Å²) < 4.78 is 5.43. The number of hydrogen-bond donors (Lipinski definition) is 0. The number of halogens is 1. The summed E-state index contributed by atoms with van der Waals surface area (Å²) >= 11 is 5.80. The van der Waals surface area contributed by atoms with E-state index in [2.05, 4.69) is 4.98 Å². The van der Waals surface area contributed by atoms with E-state index < -0.39 is 4.92 Å². The molecular weight excluding hydrogens is 268 g/mol. The molecule has 0 aliphatic carbocycles. The minimum atomic E-state index is -0.490. The standard InChI is InChI=1S/C13H11ClN2O3/c14-11-3-4-12(16(17)18)13(8-11)19-7-5-10-2-1-6-15-9-10/h1-4,6,8-9H,5,7H2. The molecule has 1 aromatic heterocycles. The van der Waals surface area contributed by atoms with Crippen molar-refractivity contribution in [2.45, 2.75) is 6.42 Å². The van der Waals surface area contributed by atoms with E-state index in [1.165, 1.54) is 18.2 Å². The number of nitro groups is 1. The summed E-state index contributed by atoms with van der Waals surface area (Å²) in [6, 6.07) is 8.00. The SMILES string of the molecule is O=[N+]([O-])c1ccc(Cl)cc1OCCc1cccnc1. The summed E-state index contributed by atoms with van der Waals surface area (Å²) in [5.41, 5.74) is 0.919. The van der Waals surface area contributed by atoms with Gasteiger partial charge in [0, 0.05) is 36.0 Å². The topological polar surface area (TPSA) is 65.3 Å². The molecule has 0 spiro atoms. The molecule has 0 saturated heterocycles. The molecule has 0 bridgehead atoms. The van der Waals surface area contributed by atoms with Gasteiger partial charge in [-0.15, -0.1) is 0 Å². The van der Waals surface area contributed by atoms with Crippen molar-refractivity contribution in [1.29, 1.82) is 0 Å². The van der Waals surface area contributed by atoms with Crippen LogP contribution in [0.4, 0.5) is 5.69 Å². The van der Waals surface area contributed by atoms with Gasteiger partial charge in [-0.3, -0.25) is 15.1 Å². The van der Waals surface area contributed by atoms with Gasteiger partial charge in [0.1, 0.15) is 0 Å². The first-order valence-electron chi connectivity index (χ1n) is 5.62. The smallest absolute Gasteiger partial charge is 0.311 e. The Hall–Kier alpha value is -2.14. The summed E-state index contributed by atoms with van der Waals surface area (Å²) in [5, 5.41) is 11.2. The summed E-state index contributed by atoms with van der Waals surface area (Å²) in [7, 11) is 0. The van der Waals surface area contributed by atoms with Gasteiger partial charge in [0.2, 0.25) is 0 Å². The van der Waals surface area contributed by atoms with E-state index in [0.717, 1.165) is 5.56 Å². The van der Waals surface area contributed by atoms with Crippen LogP contribution in [0.2, 0.25) is 5.02 Å². The van der Waals surface area contributed by atoms with Gasteiger partial charge in [-0.05, 0) is 17.7 Å².